The number of fused-ring (bicyclic) bond motifs is 1. The first-order valence-electron chi connectivity index (χ1n) is 7.64. The van der Waals surface area contributed by atoms with Gasteiger partial charge in [0.2, 0.25) is 0 Å². The molecule has 0 radical (unpaired) electrons. The highest BCUT2D eigenvalue weighted by atomic mass is 16.4. The summed E-state index contributed by atoms with van der Waals surface area (Å²) >= 11 is 0. The van der Waals surface area contributed by atoms with E-state index in [0.29, 0.717) is 23.1 Å². The van der Waals surface area contributed by atoms with Crippen LogP contribution in [0, 0.1) is 13.8 Å². The number of carboxylic acid groups (broad SMARTS) is 1. The molecule has 2 saturated heterocycles. The number of aromatic nitrogens is 2. The third-order valence-corrected chi connectivity index (χ3v) is 4.75. The van der Waals surface area contributed by atoms with Gasteiger partial charge in [-0.3, -0.25) is 4.90 Å². The van der Waals surface area contributed by atoms with E-state index in [0.717, 1.165) is 31.6 Å². The molecule has 0 spiro atoms. The molecule has 114 valence electrons. The number of hydrogen-bond donors (Lipinski definition) is 1. The van der Waals surface area contributed by atoms with Gasteiger partial charge in [0.15, 0.2) is 5.82 Å². The van der Waals surface area contributed by atoms with Crippen LogP contribution in [-0.2, 0) is 0 Å². The van der Waals surface area contributed by atoms with E-state index in [-0.39, 0.29) is 0 Å². The van der Waals surface area contributed by atoms with Gasteiger partial charge in [-0.15, -0.1) is 5.10 Å². The lowest BCUT2D eigenvalue weighted by Gasteiger charge is -2.27. The number of hydrogen-bond acceptors (Lipinski definition) is 5. The zero-order valence-electron chi connectivity index (χ0n) is 12.7. The Balaban J connectivity index is 1.95. The number of anilines is 1. The highest BCUT2D eigenvalue weighted by Crippen LogP contribution is 2.27. The second kappa shape index (κ2) is 5.60. The smallest absolute Gasteiger partial charge is 0.339 e. The second-order valence-corrected chi connectivity index (χ2v) is 6.05. The fraction of sp³-hybridized carbons (Fsp3) is 0.667. The molecule has 1 aromatic rings. The number of carboxylic acids is 1. The van der Waals surface area contributed by atoms with E-state index in [1.807, 2.05) is 6.92 Å². The number of aryl methyl sites for hydroxylation is 1. The minimum absolute atomic E-state index is 0.314. The van der Waals surface area contributed by atoms with Crippen LogP contribution >= 0.6 is 0 Å². The number of nitrogens with zero attached hydrogens (tertiary/aromatic N) is 4. The molecule has 2 fully saturated rings. The normalized spacial score (nSPS) is 23.0. The highest BCUT2D eigenvalue weighted by Gasteiger charge is 2.31. The molecule has 3 rings (SSSR count). The van der Waals surface area contributed by atoms with Crippen LogP contribution in [0.3, 0.4) is 0 Å². The van der Waals surface area contributed by atoms with Crippen LogP contribution in [0.1, 0.15) is 40.9 Å². The molecule has 1 unspecified atom stereocenters. The molecule has 1 N–H and O–H groups in total. The van der Waals surface area contributed by atoms with E-state index in [4.69, 9.17) is 0 Å². The summed E-state index contributed by atoms with van der Waals surface area (Å²) < 4.78 is 0. The first kappa shape index (κ1) is 14.3. The SMILES string of the molecule is Cc1nnc(N2CCCN3CCCC3C2)c(C(=O)O)c1C. The third-order valence-electron chi connectivity index (χ3n) is 4.75. The van der Waals surface area contributed by atoms with Crippen LogP contribution < -0.4 is 4.90 Å². The lowest BCUT2D eigenvalue weighted by Crippen LogP contribution is -2.37. The molecule has 0 amide bonds. The molecule has 6 heteroatoms. The van der Waals surface area contributed by atoms with Crippen molar-refractivity contribution in [1.29, 1.82) is 0 Å². The number of carbonyl (C=O) groups is 1. The van der Waals surface area contributed by atoms with Crippen LogP contribution in [0.4, 0.5) is 5.82 Å². The summed E-state index contributed by atoms with van der Waals surface area (Å²) in [5.74, 6) is -0.368. The Bertz CT molecular complexity index is 561. The monoisotopic (exact) mass is 290 g/mol. The predicted octanol–water partition coefficient (Wildman–Crippen LogP) is 1.47. The Labute approximate surface area is 124 Å². The predicted molar refractivity (Wildman–Crippen MR) is 79.9 cm³/mol. The molecular formula is C15H22N4O2. The Kier molecular flexibility index (Phi) is 3.80. The van der Waals surface area contributed by atoms with E-state index in [9.17, 15) is 9.90 Å². The maximum Gasteiger partial charge on any atom is 0.339 e. The Morgan fingerprint density at radius 3 is 2.71 bits per heavy atom. The molecule has 0 aliphatic carbocycles. The van der Waals surface area contributed by atoms with E-state index < -0.39 is 5.97 Å². The Morgan fingerprint density at radius 1 is 1.19 bits per heavy atom. The Morgan fingerprint density at radius 2 is 1.95 bits per heavy atom. The largest absolute Gasteiger partial charge is 0.478 e. The highest BCUT2D eigenvalue weighted by molar-refractivity contribution is 5.95. The molecule has 6 nitrogen and oxygen atoms in total. The first-order valence-corrected chi connectivity index (χ1v) is 7.64. The van der Waals surface area contributed by atoms with Crippen molar-refractivity contribution in [1.82, 2.24) is 15.1 Å². The van der Waals surface area contributed by atoms with E-state index in [2.05, 4.69) is 20.0 Å². The average molecular weight is 290 g/mol. The summed E-state index contributed by atoms with van der Waals surface area (Å²) in [6, 6.07) is 0.526. The van der Waals surface area contributed by atoms with Crippen molar-refractivity contribution in [2.45, 2.75) is 39.2 Å². The molecular weight excluding hydrogens is 268 g/mol. The van der Waals surface area contributed by atoms with Crippen LogP contribution in [0.25, 0.3) is 0 Å². The maximum absolute atomic E-state index is 11.6. The van der Waals surface area contributed by atoms with Gasteiger partial charge in [-0.25, -0.2) is 4.79 Å². The molecule has 0 aromatic carbocycles. The topological polar surface area (TPSA) is 69.6 Å². The van der Waals surface area contributed by atoms with Gasteiger partial charge in [-0.05, 0) is 45.2 Å². The van der Waals surface area contributed by atoms with Crippen molar-refractivity contribution in [3.8, 4) is 0 Å². The van der Waals surface area contributed by atoms with Gasteiger partial charge in [0, 0.05) is 25.7 Å². The summed E-state index contributed by atoms with van der Waals surface area (Å²) in [5.41, 5.74) is 1.72. The van der Waals surface area contributed by atoms with Gasteiger partial charge < -0.3 is 10.0 Å². The van der Waals surface area contributed by atoms with Crippen molar-refractivity contribution in [2.24, 2.45) is 0 Å². The number of rotatable bonds is 2. The van der Waals surface area contributed by atoms with Crippen LogP contribution in [0.2, 0.25) is 0 Å². The van der Waals surface area contributed by atoms with Crippen molar-refractivity contribution >= 4 is 11.8 Å². The molecule has 1 atom stereocenters. The van der Waals surface area contributed by atoms with Crippen molar-refractivity contribution in [2.75, 3.05) is 31.1 Å². The van der Waals surface area contributed by atoms with Crippen molar-refractivity contribution < 1.29 is 9.90 Å². The van der Waals surface area contributed by atoms with E-state index >= 15 is 0 Å². The van der Waals surface area contributed by atoms with Crippen molar-refractivity contribution in [3.05, 3.63) is 16.8 Å². The summed E-state index contributed by atoms with van der Waals surface area (Å²) in [6.45, 7) is 7.60. The van der Waals surface area contributed by atoms with Crippen LogP contribution in [0.5, 0.6) is 0 Å². The summed E-state index contributed by atoms with van der Waals surface area (Å²) in [7, 11) is 0. The number of aromatic carboxylic acids is 1. The van der Waals surface area contributed by atoms with Crippen molar-refractivity contribution in [3.63, 3.8) is 0 Å². The molecule has 1 aromatic heterocycles. The van der Waals surface area contributed by atoms with Gasteiger partial charge in [0.05, 0.1) is 5.69 Å². The summed E-state index contributed by atoms with van der Waals surface area (Å²) in [6.07, 6.45) is 3.48. The molecule has 3 heterocycles. The fourth-order valence-corrected chi connectivity index (χ4v) is 3.47. The molecule has 0 saturated carbocycles. The minimum Gasteiger partial charge on any atom is -0.478 e. The quantitative estimate of drug-likeness (QED) is 0.889. The third kappa shape index (κ3) is 2.60. The van der Waals surface area contributed by atoms with Gasteiger partial charge in [-0.1, -0.05) is 0 Å². The van der Waals surface area contributed by atoms with E-state index in [1.165, 1.54) is 19.4 Å². The lowest BCUT2D eigenvalue weighted by atomic mass is 10.1. The zero-order chi connectivity index (χ0) is 15.0. The van der Waals surface area contributed by atoms with Gasteiger partial charge in [0.25, 0.3) is 0 Å². The van der Waals surface area contributed by atoms with E-state index in [1.54, 1.807) is 6.92 Å². The average Bonchev–Trinajstić information content (AvgIpc) is 2.78. The Hall–Kier alpha value is -1.69. The second-order valence-electron chi connectivity index (χ2n) is 6.05. The molecule has 21 heavy (non-hydrogen) atoms. The lowest BCUT2D eigenvalue weighted by molar-refractivity contribution is 0.0696. The standard InChI is InChI=1S/C15H22N4O2/c1-10-11(2)16-17-14(13(10)15(20)21)19-8-4-7-18-6-3-5-12(18)9-19/h12H,3-9H2,1-2H3,(H,20,21). The van der Waals surface area contributed by atoms with Gasteiger partial charge in [0.1, 0.15) is 5.56 Å². The van der Waals surface area contributed by atoms with Crippen LogP contribution in [-0.4, -0.2) is 58.4 Å². The summed E-state index contributed by atoms with van der Waals surface area (Å²) in [4.78, 5) is 16.3. The maximum atomic E-state index is 11.6. The zero-order valence-corrected chi connectivity index (χ0v) is 12.7. The van der Waals surface area contributed by atoms with Gasteiger partial charge >= 0.3 is 5.97 Å². The molecule has 2 aliphatic rings. The summed E-state index contributed by atoms with van der Waals surface area (Å²) in [5, 5.41) is 17.9. The first-order chi connectivity index (χ1) is 10.1. The van der Waals surface area contributed by atoms with Crippen LogP contribution in [0.15, 0.2) is 0 Å². The fourth-order valence-electron chi connectivity index (χ4n) is 3.47. The minimum atomic E-state index is -0.909. The molecule has 0 bridgehead atoms. The van der Waals surface area contributed by atoms with Gasteiger partial charge in [-0.2, -0.15) is 5.10 Å². The molecule has 2 aliphatic heterocycles.